The summed E-state index contributed by atoms with van der Waals surface area (Å²) in [5, 5.41) is 0. The van der Waals surface area contributed by atoms with Crippen molar-refractivity contribution in [1.82, 2.24) is 14.8 Å². The van der Waals surface area contributed by atoms with Gasteiger partial charge in [-0.05, 0) is 11.6 Å². The number of halogens is 1. The van der Waals surface area contributed by atoms with Crippen LogP contribution in [-0.2, 0) is 16.1 Å². The third kappa shape index (κ3) is 3.68. The molecule has 0 saturated carbocycles. The molecule has 1 aromatic carbocycles. The van der Waals surface area contributed by atoms with E-state index in [9.17, 15) is 14.0 Å². The average Bonchev–Trinajstić information content (AvgIpc) is 2.80. The van der Waals surface area contributed by atoms with Gasteiger partial charge >= 0.3 is 0 Å². The highest BCUT2D eigenvalue weighted by atomic mass is 19.1. The lowest BCUT2D eigenvalue weighted by atomic mass is 9.79. The van der Waals surface area contributed by atoms with Gasteiger partial charge in [0, 0.05) is 37.8 Å². The molecule has 2 amide bonds. The monoisotopic (exact) mass is 369 g/mol. The van der Waals surface area contributed by atoms with Gasteiger partial charge in [-0.3, -0.25) is 14.6 Å². The van der Waals surface area contributed by atoms with Gasteiger partial charge in [0.1, 0.15) is 12.4 Å². The normalized spacial score (nSPS) is 18.9. The number of hydrogen-bond donors (Lipinski definition) is 0. The number of ether oxygens (including phenoxy) is 1. The van der Waals surface area contributed by atoms with Crippen LogP contribution in [0.4, 0.5) is 4.39 Å². The maximum Gasteiger partial charge on any atom is 0.255 e. The molecule has 2 fully saturated rings. The lowest BCUT2D eigenvalue weighted by Crippen LogP contribution is -2.63. The van der Waals surface area contributed by atoms with Gasteiger partial charge in [0.2, 0.25) is 5.91 Å². The van der Waals surface area contributed by atoms with Crippen molar-refractivity contribution < 1.29 is 18.7 Å². The third-order valence-electron chi connectivity index (χ3n) is 5.02. The van der Waals surface area contributed by atoms with Crippen molar-refractivity contribution in [3.05, 3.63) is 65.7 Å². The second-order valence-corrected chi connectivity index (χ2v) is 7.28. The Bertz CT molecular complexity index is 853. The molecular formula is C20H20FN3O3. The quantitative estimate of drug-likeness (QED) is 0.827. The van der Waals surface area contributed by atoms with E-state index in [2.05, 4.69) is 4.98 Å². The van der Waals surface area contributed by atoms with Crippen LogP contribution in [0.3, 0.4) is 0 Å². The maximum atomic E-state index is 13.3. The van der Waals surface area contributed by atoms with E-state index in [0.29, 0.717) is 32.8 Å². The lowest BCUT2D eigenvalue weighted by molar-refractivity contribution is -0.134. The number of carbonyl (C=O) groups excluding carboxylic acids is 2. The van der Waals surface area contributed by atoms with Crippen molar-refractivity contribution in [3.63, 3.8) is 0 Å². The summed E-state index contributed by atoms with van der Waals surface area (Å²) in [4.78, 5) is 32.1. The summed E-state index contributed by atoms with van der Waals surface area (Å²) in [6.45, 7) is 2.48. The summed E-state index contributed by atoms with van der Waals surface area (Å²) >= 11 is 0. The minimum absolute atomic E-state index is 0.0464. The molecule has 0 aliphatic carbocycles. The van der Waals surface area contributed by atoms with E-state index in [1.807, 2.05) is 30.3 Å². The SMILES string of the molecule is O=C1COCC2(CN1Cc1ccccc1)CN(C(=O)c1cncc(F)c1)C2. The predicted molar refractivity (Wildman–Crippen MR) is 95.2 cm³/mol. The van der Waals surface area contributed by atoms with Crippen LogP contribution in [0.1, 0.15) is 15.9 Å². The molecule has 0 unspecified atom stereocenters. The summed E-state index contributed by atoms with van der Waals surface area (Å²) in [5.74, 6) is -0.832. The number of likely N-dealkylation sites (tertiary alicyclic amines) is 1. The molecule has 0 radical (unpaired) electrons. The Morgan fingerprint density at radius 1 is 1.19 bits per heavy atom. The fourth-order valence-electron chi connectivity index (χ4n) is 3.74. The van der Waals surface area contributed by atoms with Crippen LogP contribution in [0.15, 0.2) is 48.8 Å². The molecule has 4 rings (SSSR count). The molecule has 0 bridgehead atoms. The Kier molecular flexibility index (Phi) is 4.61. The zero-order valence-corrected chi connectivity index (χ0v) is 14.8. The Morgan fingerprint density at radius 3 is 2.70 bits per heavy atom. The predicted octanol–water partition coefficient (Wildman–Crippen LogP) is 1.72. The molecule has 1 spiro atoms. The van der Waals surface area contributed by atoms with E-state index >= 15 is 0 Å². The lowest BCUT2D eigenvalue weighted by Gasteiger charge is -2.50. The van der Waals surface area contributed by atoms with E-state index in [1.165, 1.54) is 12.3 Å². The van der Waals surface area contributed by atoms with Crippen LogP contribution in [0, 0.1) is 11.2 Å². The van der Waals surface area contributed by atoms with Gasteiger partial charge in [0.15, 0.2) is 0 Å². The topological polar surface area (TPSA) is 62.7 Å². The number of benzene rings is 1. The fourth-order valence-corrected chi connectivity index (χ4v) is 3.74. The molecule has 2 aliphatic heterocycles. The molecular weight excluding hydrogens is 349 g/mol. The number of amides is 2. The molecule has 7 heteroatoms. The van der Waals surface area contributed by atoms with E-state index in [0.717, 1.165) is 11.8 Å². The molecule has 2 aliphatic rings. The number of carbonyl (C=O) groups is 2. The zero-order valence-electron chi connectivity index (χ0n) is 14.8. The molecule has 3 heterocycles. The first-order chi connectivity index (χ1) is 13.0. The Hall–Kier alpha value is -2.80. The minimum Gasteiger partial charge on any atom is -0.371 e. The Morgan fingerprint density at radius 2 is 1.96 bits per heavy atom. The van der Waals surface area contributed by atoms with Gasteiger partial charge in [0.25, 0.3) is 5.91 Å². The number of rotatable bonds is 3. The van der Waals surface area contributed by atoms with Gasteiger partial charge in [-0.2, -0.15) is 0 Å². The van der Waals surface area contributed by atoms with Crippen molar-refractivity contribution in [2.45, 2.75) is 6.54 Å². The van der Waals surface area contributed by atoms with Crippen LogP contribution in [0.5, 0.6) is 0 Å². The van der Waals surface area contributed by atoms with Crippen molar-refractivity contribution in [1.29, 1.82) is 0 Å². The number of nitrogens with zero attached hydrogens (tertiary/aromatic N) is 3. The van der Waals surface area contributed by atoms with Crippen LogP contribution in [0.2, 0.25) is 0 Å². The average molecular weight is 369 g/mol. The molecule has 6 nitrogen and oxygen atoms in total. The highest BCUT2D eigenvalue weighted by molar-refractivity contribution is 5.94. The zero-order chi connectivity index (χ0) is 18.9. The summed E-state index contributed by atoms with van der Waals surface area (Å²) < 4.78 is 18.9. The molecule has 27 heavy (non-hydrogen) atoms. The van der Waals surface area contributed by atoms with Crippen LogP contribution in [0.25, 0.3) is 0 Å². The minimum atomic E-state index is -0.534. The Labute approximate surface area is 156 Å². The highest BCUT2D eigenvalue weighted by Crippen LogP contribution is 2.35. The summed E-state index contributed by atoms with van der Waals surface area (Å²) in [5.41, 5.74) is 1.01. The van der Waals surface area contributed by atoms with Crippen molar-refractivity contribution in [3.8, 4) is 0 Å². The Balaban J connectivity index is 1.44. The van der Waals surface area contributed by atoms with E-state index in [1.54, 1.807) is 9.80 Å². The van der Waals surface area contributed by atoms with E-state index < -0.39 is 5.82 Å². The molecule has 0 atom stereocenters. The smallest absolute Gasteiger partial charge is 0.255 e. The standard InChI is InChI=1S/C20H20FN3O3/c21-17-6-16(7-22-8-17)19(26)24-12-20(13-24)11-23(18(25)10-27-14-20)9-15-4-2-1-3-5-15/h1-8H,9-14H2. The number of aromatic nitrogens is 1. The second kappa shape index (κ2) is 7.08. The van der Waals surface area contributed by atoms with Gasteiger partial charge < -0.3 is 14.5 Å². The summed E-state index contributed by atoms with van der Waals surface area (Å²) in [6.07, 6.45) is 2.44. The second-order valence-electron chi connectivity index (χ2n) is 7.28. The first kappa shape index (κ1) is 17.6. The van der Waals surface area contributed by atoms with Crippen LogP contribution in [-0.4, -0.2) is 59.4 Å². The van der Waals surface area contributed by atoms with Crippen molar-refractivity contribution in [2.75, 3.05) is 32.8 Å². The van der Waals surface area contributed by atoms with Gasteiger partial charge in [-0.1, -0.05) is 30.3 Å². The fraction of sp³-hybridized carbons (Fsp3) is 0.350. The van der Waals surface area contributed by atoms with Gasteiger partial charge in [-0.15, -0.1) is 0 Å². The largest absolute Gasteiger partial charge is 0.371 e. The van der Waals surface area contributed by atoms with Crippen molar-refractivity contribution >= 4 is 11.8 Å². The number of hydrogen-bond acceptors (Lipinski definition) is 4. The van der Waals surface area contributed by atoms with Crippen LogP contribution < -0.4 is 0 Å². The summed E-state index contributed by atoms with van der Waals surface area (Å²) in [7, 11) is 0. The van der Waals surface area contributed by atoms with Crippen molar-refractivity contribution in [2.24, 2.45) is 5.41 Å². The van der Waals surface area contributed by atoms with Crippen LogP contribution >= 0.6 is 0 Å². The van der Waals surface area contributed by atoms with E-state index in [4.69, 9.17) is 4.74 Å². The molecule has 2 aromatic rings. The first-order valence-corrected chi connectivity index (χ1v) is 8.84. The first-order valence-electron chi connectivity index (χ1n) is 8.84. The van der Waals surface area contributed by atoms with E-state index in [-0.39, 0.29) is 29.4 Å². The highest BCUT2D eigenvalue weighted by Gasteiger charge is 2.48. The number of pyridine rings is 1. The third-order valence-corrected chi connectivity index (χ3v) is 5.02. The molecule has 0 N–H and O–H groups in total. The summed E-state index contributed by atoms with van der Waals surface area (Å²) in [6, 6.07) is 11.0. The van der Waals surface area contributed by atoms with Gasteiger partial charge in [-0.25, -0.2) is 4.39 Å². The molecule has 140 valence electrons. The molecule has 2 saturated heterocycles. The molecule has 1 aromatic heterocycles. The maximum absolute atomic E-state index is 13.3. The van der Waals surface area contributed by atoms with Gasteiger partial charge in [0.05, 0.1) is 18.4 Å².